The molecule has 132 valence electrons. The number of alkyl halides is 4. The van der Waals surface area contributed by atoms with Crippen LogP contribution in [-0.4, -0.2) is 52.6 Å². The van der Waals surface area contributed by atoms with Crippen molar-refractivity contribution >= 4 is 11.6 Å². The zero-order valence-corrected chi connectivity index (χ0v) is 13.1. The van der Waals surface area contributed by atoms with E-state index in [2.05, 4.69) is 15.4 Å². The summed E-state index contributed by atoms with van der Waals surface area (Å²) in [6.45, 7) is 1.14. The molecular formula is C14H17F4N5O. The molecule has 6 nitrogen and oxygen atoms in total. The van der Waals surface area contributed by atoms with Crippen molar-refractivity contribution in [3.63, 3.8) is 0 Å². The first-order chi connectivity index (χ1) is 11.3. The maximum absolute atomic E-state index is 13.0. The van der Waals surface area contributed by atoms with Gasteiger partial charge in [-0.25, -0.2) is 27.1 Å². The Kier molecular flexibility index (Phi) is 5.71. The number of halogens is 4. The Morgan fingerprint density at radius 3 is 2.54 bits per heavy atom. The smallest absolute Gasteiger partial charge is 0.280 e. The molecule has 2 aromatic rings. The van der Waals surface area contributed by atoms with Crippen LogP contribution < -0.4 is 5.32 Å². The molecule has 10 heteroatoms. The Bertz CT molecular complexity index is 716. The van der Waals surface area contributed by atoms with E-state index in [1.165, 1.54) is 0 Å². The number of carbonyl (C=O) groups is 1. The Morgan fingerprint density at radius 2 is 1.96 bits per heavy atom. The molecule has 0 aromatic carbocycles. The molecule has 1 N–H and O–H groups in total. The van der Waals surface area contributed by atoms with Gasteiger partial charge in [-0.1, -0.05) is 0 Å². The van der Waals surface area contributed by atoms with Crippen LogP contribution in [-0.2, 0) is 0 Å². The highest BCUT2D eigenvalue weighted by molar-refractivity contribution is 5.93. The summed E-state index contributed by atoms with van der Waals surface area (Å²) < 4.78 is 52.3. The van der Waals surface area contributed by atoms with E-state index in [0.717, 1.165) is 12.6 Å². The quantitative estimate of drug-likeness (QED) is 0.617. The number of aromatic nitrogens is 3. The van der Waals surface area contributed by atoms with E-state index >= 15 is 0 Å². The van der Waals surface area contributed by atoms with Gasteiger partial charge in [-0.05, 0) is 33.1 Å². The molecule has 0 radical (unpaired) electrons. The van der Waals surface area contributed by atoms with Gasteiger partial charge in [-0.15, -0.1) is 0 Å². The van der Waals surface area contributed by atoms with Gasteiger partial charge in [0.2, 0.25) is 0 Å². The molecule has 0 aliphatic carbocycles. The lowest BCUT2D eigenvalue weighted by molar-refractivity contribution is 0.0945. The van der Waals surface area contributed by atoms with Crippen LogP contribution in [0.5, 0.6) is 0 Å². The molecular weight excluding hydrogens is 330 g/mol. The molecule has 0 saturated carbocycles. The summed E-state index contributed by atoms with van der Waals surface area (Å²) in [5.74, 6) is -0.571. The molecule has 0 saturated heterocycles. The molecule has 0 bridgehead atoms. The molecule has 2 heterocycles. The largest absolute Gasteiger partial charge is 0.351 e. The average Bonchev–Trinajstić information content (AvgIpc) is 2.93. The minimum atomic E-state index is -3.02. The van der Waals surface area contributed by atoms with Gasteiger partial charge in [-0.2, -0.15) is 5.10 Å². The third-order valence-electron chi connectivity index (χ3n) is 3.22. The third-order valence-corrected chi connectivity index (χ3v) is 3.22. The lowest BCUT2D eigenvalue weighted by Gasteiger charge is -2.09. The van der Waals surface area contributed by atoms with Crippen LogP contribution in [0.15, 0.2) is 12.1 Å². The SMILES string of the molecule is CN(C)CCCNC(=O)c1cc2nc(C(F)F)cc(C(F)F)n2n1. The Morgan fingerprint density at radius 1 is 1.25 bits per heavy atom. The van der Waals surface area contributed by atoms with E-state index < -0.39 is 30.1 Å². The monoisotopic (exact) mass is 347 g/mol. The second-order valence-electron chi connectivity index (χ2n) is 5.42. The summed E-state index contributed by atoms with van der Waals surface area (Å²) in [4.78, 5) is 17.5. The molecule has 24 heavy (non-hydrogen) atoms. The van der Waals surface area contributed by atoms with Gasteiger partial charge in [0, 0.05) is 12.6 Å². The van der Waals surface area contributed by atoms with Gasteiger partial charge in [0.25, 0.3) is 18.8 Å². The van der Waals surface area contributed by atoms with Gasteiger partial charge in [0.1, 0.15) is 11.4 Å². The molecule has 0 spiro atoms. The number of fused-ring (bicyclic) bond motifs is 1. The number of amides is 1. The highest BCUT2D eigenvalue weighted by Crippen LogP contribution is 2.25. The first-order valence-electron chi connectivity index (χ1n) is 7.19. The molecule has 1 amide bonds. The lowest BCUT2D eigenvalue weighted by atomic mass is 10.3. The number of hydrogen-bond acceptors (Lipinski definition) is 4. The summed E-state index contributed by atoms with van der Waals surface area (Å²) >= 11 is 0. The zero-order chi connectivity index (χ0) is 17.9. The van der Waals surface area contributed by atoms with Crippen LogP contribution in [0.3, 0.4) is 0 Å². The standard InChI is InChI=1S/C14H17F4N5O/c1-22(2)5-3-4-19-14(24)9-7-11-20-8(12(15)16)6-10(13(17)18)23(11)21-9/h6-7,12-13H,3-5H2,1-2H3,(H,19,24). The van der Waals surface area contributed by atoms with Crippen molar-refractivity contribution in [1.82, 2.24) is 24.8 Å². The molecule has 2 aromatic heterocycles. The van der Waals surface area contributed by atoms with Crippen LogP contribution in [0.2, 0.25) is 0 Å². The molecule has 0 aliphatic heterocycles. The predicted octanol–water partition coefficient (Wildman–Crippen LogP) is 2.29. The lowest BCUT2D eigenvalue weighted by Crippen LogP contribution is -2.27. The van der Waals surface area contributed by atoms with Crippen molar-refractivity contribution in [3.05, 3.63) is 29.2 Å². The van der Waals surface area contributed by atoms with E-state index in [4.69, 9.17) is 0 Å². The fourth-order valence-corrected chi connectivity index (χ4v) is 2.08. The number of nitrogens with one attached hydrogen (secondary N) is 1. The summed E-state index contributed by atoms with van der Waals surface area (Å²) in [5, 5.41) is 6.35. The van der Waals surface area contributed by atoms with E-state index in [1.807, 2.05) is 19.0 Å². The fourth-order valence-electron chi connectivity index (χ4n) is 2.08. The van der Waals surface area contributed by atoms with Gasteiger partial charge in [0.15, 0.2) is 11.3 Å². The second-order valence-corrected chi connectivity index (χ2v) is 5.42. The van der Waals surface area contributed by atoms with Crippen molar-refractivity contribution in [2.45, 2.75) is 19.3 Å². The van der Waals surface area contributed by atoms with Gasteiger partial charge >= 0.3 is 0 Å². The van der Waals surface area contributed by atoms with E-state index in [1.54, 1.807) is 0 Å². The summed E-state index contributed by atoms with van der Waals surface area (Å²) in [6, 6.07) is 1.70. The van der Waals surface area contributed by atoms with Crippen molar-refractivity contribution in [3.8, 4) is 0 Å². The average molecular weight is 347 g/mol. The van der Waals surface area contributed by atoms with E-state index in [-0.39, 0.29) is 11.3 Å². The third kappa shape index (κ3) is 4.19. The summed E-state index contributed by atoms with van der Waals surface area (Å²) in [6.07, 6.45) is -5.32. The first-order valence-corrected chi connectivity index (χ1v) is 7.19. The van der Waals surface area contributed by atoms with Crippen LogP contribution in [0, 0.1) is 0 Å². The van der Waals surface area contributed by atoms with Gasteiger partial charge in [-0.3, -0.25) is 4.79 Å². The van der Waals surface area contributed by atoms with Crippen molar-refractivity contribution in [2.24, 2.45) is 0 Å². The molecule has 0 unspecified atom stereocenters. The molecule has 2 rings (SSSR count). The Hall–Kier alpha value is -2.23. The number of hydrogen-bond donors (Lipinski definition) is 1. The Balaban J connectivity index is 2.23. The highest BCUT2D eigenvalue weighted by atomic mass is 19.3. The van der Waals surface area contributed by atoms with Crippen molar-refractivity contribution < 1.29 is 22.4 Å². The summed E-state index contributed by atoms with van der Waals surface area (Å²) in [7, 11) is 3.78. The van der Waals surface area contributed by atoms with E-state index in [9.17, 15) is 22.4 Å². The highest BCUT2D eigenvalue weighted by Gasteiger charge is 2.21. The molecule has 0 atom stereocenters. The van der Waals surface area contributed by atoms with Crippen LogP contribution in [0.25, 0.3) is 5.65 Å². The normalized spacial score (nSPS) is 11.9. The second kappa shape index (κ2) is 7.56. The summed E-state index contributed by atoms with van der Waals surface area (Å²) in [5.41, 5.74) is -1.89. The Labute approximate surface area is 135 Å². The fraction of sp³-hybridized carbons (Fsp3) is 0.500. The van der Waals surface area contributed by atoms with Gasteiger partial charge < -0.3 is 10.2 Å². The minimum absolute atomic E-state index is 0.152. The van der Waals surface area contributed by atoms with Crippen molar-refractivity contribution in [2.75, 3.05) is 27.2 Å². The van der Waals surface area contributed by atoms with Crippen LogP contribution >= 0.6 is 0 Å². The van der Waals surface area contributed by atoms with E-state index in [0.29, 0.717) is 23.5 Å². The number of nitrogens with zero attached hydrogens (tertiary/aromatic N) is 4. The first kappa shape index (κ1) is 18.1. The topological polar surface area (TPSA) is 62.5 Å². The van der Waals surface area contributed by atoms with Crippen LogP contribution in [0.4, 0.5) is 17.6 Å². The maximum Gasteiger partial charge on any atom is 0.280 e. The predicted molar refractivity (Wildman–Crippen MR) is 78.4 cm³/mol. The number of rotatable bonds is 7. The maximum atomic E-state index is 13.0. The molecule has 0 fully saturated rings. The van der Waals surface area contributed by atoms with Crippen molar-refractivity contribution in [1.29, 1.82) is 0 Å². The minimum Gasteiger partial charge on any atom is -0.351 e. The van der Waals surface area contributed by atoms with Crippen LogP contribution in [0.1, 0.15) is 41.1 Å². The molecule has 0 aliphatic rings. The zero-order valence-electron chi connectivity index (χ0n) is 13.1. The van der Waals surface area contributed by atoms with Gasteiger partial charge in [0.05, 0.1) is 0 Å². The number of carbonyl (C=O) groups excluding carboxylic acids is 1.